The number of fused-ring (bicyclic) bond motifs is 1. The molecule has 1 aromatic rings. The van der Waals surface area contributed by atoms with Crippen molar-refractivity contribution in [1.82, 2.24) is 4.90 Å². The number of piperidine rings is 1. The Labute approximate surface area is 130 Å². The van der Waals surface area contributed by atoms with E-state index < -0.39 is 5.97 Å². The fraction of sp³-hybridized carbons (Fsp3) is 0.471. The third-order valence-corrected chi connectivity index (χ3v) is 4.46. The number of benzene rings is 1. The molecule has 2 heterocycles. The molecular weight excluding hydrogens is 282 g/mol. The zero-order chi connectivity index (χ0) is 15.6. The first kappa shape index (κ1) is 14.9. The molecule has 0 aromatic heterocycles. The van der Waals surface area contributed by atoms with Crippen molar-refractivity contribution in [3.63, 3.8) is 0 Å². The Balaban J connectivity index is 1.67. The third kappa shape index (κ3) is 2.95. The van der Waals surface area contributed by atoms with Gasteiger partial charge >= 0.3 is 5.97 Å². The smallest absolute Gasteiger partial charge is 0.304 e. The van der Waals surface area contributed by atoms with Gasteiger partial charge in [-0.2, -0.15) is 0 Å². The first-order chi connectivity index (χ1) is 10.6. The predicted molar refractivity (Wildman–Crippen MR) is 83.3 cm³/mol. The molecule has 0 amide bonds. The highest BCUT2D eigenvalue weighted by Crippen LogP contribution is 2.40. The number of carbonyl (C=O) groups is 1. The summed E-state index contributed by atoms with van der Waals surface area (Å²) in [6.07, 6.45) is 6.17. The van der Waals surface area contributed by atoms with E-state index in [1.807, 2.05) is 18.2 Å². The second kappa shape index (κ2) is 6.01. The van der Waals surface area contributed by atoms with Crippen molar-refractivity contribution >= 4 is 12.0 Å². The first-order valence-corrected chi connectivity index (χ1v) is 7.61. The minimum atomic E-state index is -0.741. The van der Waals surface area contributed by atoms with Crippen LogP contribution < -0.4 is 9.47 Å². The maximum Gasteiger partial charge on any atom is 0.304 e. The van der Waals surface area contributed by atoms with Crippen molar-refractivity contribution in [2.75, 3.05) is 26.7 Å². The van der Waals surface area contributed by atoms with E-state index in [0.717, 1.165) is 43.0 Å². The Bertz CT molecular complexity index is 588. The fourth-order valence-electron chi connectivity index (χ4n) is 3.12. The number of nitrogens with zero attached hydrogens (tertiary/aromatic N) is 1. The molecule has 0 radical (unpaired) electrons. The lowest BCUT2D eigenvalue weighted by Crippen LogP contribution is -2.48. The zero-order valence-electron chi connectivity index (χ0n) is 12.7. The molecule has 0 atom stereocenters. The van der Waals surface area contributed by atoms with E-state index >= 15 is 0 Å². The maximum absolute atomic E-state index is 10.7. The summed E-state index contributed by atoms with van der Waals surface area (Å²) in [6, 6.07) is 5.84. The number of rotatable bonds is 4. The van der Waals surface area contributed by atoms with Crippen LogP contribution in [-0.2, 0) is 4.79 Å². The number of likely N-dealkylation sites (tertiary alicyclic amines) is 1. The van der Waals surface area contributed by atoms with Gasteiger partial charge in [-0.05, 0) is 24.3 Å². The second-order valence-corrected chi connectivity index (χ2v) is 5.86. The van der Waals surface area contributed by atoms with E-state index in [1.165, 1.54) is 0 Å². The molecule has 1 N–H and O–H groups in total. The zero-order valence-corrected chi connectivity index (χ0v) is 12.7. The van der Waals surface area contributed by atoms with E-state index in [-0.39, 0.29) is 12.0 Å². The number of carboxylic acid groups (broad SMARTS) is 1. The lowest BCUT2D eigenvalue weighted by Gasteiger charge is -2.42. The molecule has 0 unspecified atom stereocenters. The summed E-state index contributed by atoms with van der Waals surface area (Å²) >= 11 is 0. The van der Waals surface area contributed by atoms with Crippen LogP contribution in [0.3, 0.4) is 0 Å². The van der Waals surface area contributed by atoms with Crippen LogP contribution in [0, 0.1) is 0 Å². The summed E-state index contributed by atoms with van der Waals surface area (Å²) in [5.41, 5.74) is 0.725. The van der Waals surface area contributed by atoms with Crippen LogP contribution in [0.4, 0.5) is 0 Å². The number of methoxy groups -OCH3 is 1. The summed E-state index contributed by atoms with van der Waals surface area (Å²) in [6.45, 7) is 2.33. The Morgan fingerprint density at radius 1 is 1.41 bits per heavy atom. The lowest BCUT2D eigenvalue weighted by atomic mass is 9.88. The van der Waals surface area contributed by atoms with Gasteiger partial charge in [0.2, 0.25) is 0 Å². The van der Waals surface area contributed by atoms with Gasteiger partial charge < -0.3 is 19.5 Å². The van der Waals surface area contributed by atoms with Crippen molar-refractivity contribution in [3.05, 3.63) is 29.8 Å². The van der Waals surface area contributed by atoms with E-state index in [9.17, 15) is 4.79 Å². The summed E-state index contributed by atoms with van der Waals surface area (Å²) < 4.78 is 11.6. The van der Waals surface area contributed by atoms with Gasteiger partial charge in [-0.15, -0.1) is 0 Å². The molecule has 0 aliphatic carbocycles. The van der Waals surface area contributed by atoms with Crippen molar-refractivity contribution in [2.24, 2.45) is 0 Å². The number of hydrogen-bond acceptors (Lipinski definition) is 4. The molecule has 1 fully saturated rings. The third-order valence-electron chi connectivity index (χ3n) is 4.46. The standard InChI is InChI=1S/C17H21NO4/c1-21-14-3-2-4-15-13(14)5-7-17(22-15)8-11-18(12-9-17)10-6-16(19)20/h2-5,7H,6,8-12H2,1H3,(H,19,20). The van der Waals surface area contributed by atoms with E-state index in [2.05, 4.69) is 17.1 Å². The van der Waals surface area contributed by atoms with Crippen molar-refractivity contribution < 1.29 is 19.4 Å². The van der Waals surface area contributed by atoms with Crippen LogP contribution in [-0.4, -0.2) is 48.3 Å². The molecule has 22 heavy (non-hydrogen) atoms. The van der Waals surface area contributed by atoms with Crippen molar-refractivity contribution in [2.45, 2.75) is 24.9 Å². The van der Waals surface area contributed by atoms with E-state index in [4.69, 9.17) is 14.6 Å². The highest BCUT2D eigenvalue weighted by Gasteiger charge is 2.37. The van der Waals surface area contributed by atoms with Gasteiger partial charge in [0.25, 0.3) is 0 Å². The van der Waals surface area contributed by atoms with Gasteiger partial charge in [0, 0.05) is 32.5 Å². The van der Waals surface area contributed by atoms with Gasteiger partial charge in [-0.3, -0.25) is 4.79 Å². The molecule has 3 rings (SSSR count). The Hall–Kier alpha value is -2.01. The largest absolute Gasteiger partial charge is 0.496 e. The molecule has 1 aromatic carbocycles. The predicted octanol–water partition coefficient (Wildman–Crippen LogP) is 2.41. The van der Waals surface area contributed by atoms with Gasteiger partial charge in [0.15, 0.2) is 0 Å². The van der Waals surface area contributed by atoms with Crippen LogP contribution in [0.25, 0.3) is 6.08 Å². The first-order valence-electron chi connectivity index (χ1n) is 7.61. The summed E-state index contributed by atoms with van der Waals surface area (Å²) in [4.78, 5) is 12.9. The quantitative estimate of drug-likeness (QED) is 0.925. The minimum Gasteiger partial charge on any atom is -0.496 e. The molecule has 1 saturated heterocycles. The monoisotopic (exact) mass is 303 g/mol. The number of hydrogen-bond donors (Lipinski definition) is 1. The topological polar surface area (TPSA) is 59.0 Å². The van der Waals surface area contributed by atoms with Crippen LogP contribution in [0.15, 0.2) is 24.3 Å². The molecule has 2 aliphatic heterocycles. The normalized spacial score (nSPS) is 19.5. The molecule has 0 bridgehead atoms. The number of carboxylic acids is 1. The van der Waals surface area contributed by atoms with Crippen LogP contribution in [0.2, 0.25) is 0 Å². The van der Waals surface area contributed by atoms with E-state index in [1.54, 1.807) is 7.11 Å². The molecule has 2 aliphatic rings. The molecule has 5 heteroatoms. The SMILES string of the molecule is COc1cccc2c1C=CC1(CCN(CCC(=O)O)CC1)O2. The minimum absolute atomic E-state index is 0.198. The highest BCUT2D eigenvalue weighted by molar-refractivity contribution is 5.67. The van der Waals surface area contributed by atoms with Crippen molar-refractivity contribution in [3.8, 4) is 11.5 Å². The van der Waals surface area contributed by atoms with Crippen LogP contribution in [0.5, 0.6) is 11.5 Å². The number of ether oxygens (including phenoxy) is 2. The Morgan fingerprint density at radius 3 is 2.86 bits per heavy atom. The summed E-state index contributed by atoms with van der Waals surface area (Å²) in [7, 11) is 1.66. The van der Waals surface area contributed by atoms with E-state index in [0.29, 0.717) is 6.54 Å². The van der Waals surface area contributed by atoms with Gasteiger partial charge in [-0.25, -0.2) is 0 Å². The molecule has 1 spiro atoms. The number of aliphatic carboxylic acids is 1. The molecule has 0 saturated carbocycles. The molecular formula is C17H21NO4. The summed E-state index contributed by atoms with van der Waals surface area (Å²) in [5.74, 6) is 0.943. The Kier molecular flexibility index (Phi) is 4.07. The molecule has 5 nitrogen and oxygen atoms in total. The fourth-order valence-corrected chi connectivity index (χ4v) is 3.12. The lowest BCUT2D eigenvalue weighted by molar-refractivity contribution is -0.137. The van der Waals surface area contributed by atoms with Crippen molar-refractivity contribution in [1.29, 1.82) is 0 Å². The van der Waals surface area contributed by atoms with Gasteiger partial charge in [-0.1, -0.05) is 6.07 Å². The van der Waals surface area contributed by atoms with Crippen LogP contribution >= 0.6 is 0 Å². The average molecular weight is 303 g/mol. The Morgan fingerprint density at radius 2 is 2.18 bits per heavy atom. The van der Waals surface area contributed by atoms with Crippen LogP contribution in [0.1, 0.15) is 24.8 Å². The maximum atomic E-state index is 10.7. The molecule has 118 valence electrons. The second-order valence-electron chi connectivity index (χ2n) is 5.86. The van der Waals surface area contributed by atoms with Gasteiger partial charge in [0.1, 0.15) is 17.1 Å². The summed E-state index contributed by atoms with van der Waals surface area (Å²) in [5, 5.41) is 8.77. The van der Waals surface area contributed by atoms with Gasteiger partial charge in [0.05, 0.1) is 19.1 Å². The average Bonchev–Trinajstić information content (AvgIpc) is 2.53. The highest BCUT2D eigenvalue weighted by atomic mass is 16.5.